The number of hydrogen-bond donors (Lipinski definition) is 1. The molecule has 0 saturated carbocycles. The number of rotatable bonds is 2. The fourth-order valence-electron chi connectivity index (χ4n) is 3.21. The number of nitrogens with one attached hydrogen (secondary N) is 1. The number of ether oxygens (including phenoxy) is 1. The molecule has 2 aromatic carbocycles. The van der Waals surface area contributed by atoms with E-state index in [1.807, 2.05) is 6.07 Å². The molecule has 21 heavy (non-hydrogen) atoms. The quantitative estimate of drug-likeness (QED) is 0.900. The molecule has 0 saturated heterocycles. The van der Waals surface area contributed by atoms with Crippen LogP contribution < -0.4 is 10.1 Å². The standard InChI is InChI=1S/C18H21NO.ClH/c1-18(2)17(13-8-6-9-15(11-13)20-3)16-10-5-4-7-14(16)12-19-18;/h4-11,17,19H,12H2,1-3H3;1H. The maximum Gasteiger partial charge on any atom is 0.119 e. The van der Waals surface area contributed by atoms with Gasteiger partial charge in [-0.15, -0.1) is 12.4 Å². The van der Waals surface area contributed by atoms with Crippen LogP contribution in [0.3, 0.4) is 0 Å². The molecule has 0 amide bonds. The van der Waals surface area contributed by atoms with E-state index in [0.29, 0.717) is 5.92 Å². The predicted molar refractivity (Wildman–Crippen MR) is 89.4 cm³/mol. The lowest BCUT2D eigenvalue weighted by molar-refractivity contribution is 0.322. The Balaban J connectivity index is 0.00000161. The number of fused-ring (bicyclic) bond motifs is 1. The summed E-state index contributed by atoms with van der Waals surface area (Å²) >= 11 is 0. The van der Waals surface area contributed by atoms with E-state index in [0.717, 1.165) is 12.3 Å². The minimum Gasteiger partial charge on any atom is -0.497 e. The van der Waals surface area contributed by atoms with Crippen molar-refractivity contribution < 1.29 is 4.74 Å². The Bertz CT molecular complexity index is 624. The molecule has 1 heterocycles. The molecular formula is C18H22ClNO. The summed E-state index contributed by atoms with van der Waals surface area (Å²) < 4.78 is 5.38. The molecule has 1 atom stereocenters. The summed E-state index contributed by atoms with van der Waals surface area (Å²) in [5.41, 5.74) is 4.14. The lowest BCUT2D eigenvalue weighted by Crippen LogP contribution is -2.48. The summed E-state index contributed by atoms with van der Waals surface area (Å²) in [5.74, 6) is 1.25. The molecule has 0 aliphatic carbocycles. The van der Waals surface area contributed by atoms with E-state index in [4.69, 9.17) is 4.74 Å². The minimum atomic E-state index is 0. The van der Waals surface area contributed by atoms with Crippen molar-refractivity contribution in [2.75, 3.05) is 7.11 Å². The van der Waals surface area contributed by atoms with Crippen LogP contribution in [0, 0.1) is 0 Å². The fraction of sp³-hybridized carbons (Fsp3) is 0.333. The van der Waals surface area contributed by atoms with E-state index in [9.17, 15) is 0 Å². The average molecular weight is 304 g/mol. The van der Waals surface area contributed by atoms with Crippen molar-refractivity contribution in [2.45, 2.75) is 31.8 Å². The third-order valence-electron chi connectivity index (χ3n) is 4.25. The van der Waals surface area contributed by atoms with Crippen LogP contribution in [0.25, 0.3) is 0 Å². The van der Waals surface area contributed by atoms with Crippen molar-refractivity contribution in [2.24, 2.45) is 0 Å². The molecule has 1 aliphatic rings. The smallest absolute Gasteiger partial charge is 0.119 e. The number of benzene rings is 2. The normalized spacial score (nSPS) is 19.3. The summed E-state index contributed by atoms with van der Waals surface area (Å²) in [4.78, 5) is 0. The van der Waals surface area contributed by atoms with Crippen LogP contribution >= 0.6 is 12.4 Å². The molecule has 2 aromatic rings. The molecule has 1 aliphatic heterocycles. The largest absolute Gasteiger partial charge is 0.497 e. The van der Waals surface area contributed by atoms with Gasteiger partial charge in [-0.1, -0.05) is 36.4 Å². The zero-order valence-corrected chi connectivity index (χ0v) is 13.5. The highest BCUT2D eigenvalue weighted by atomic mass is 35.5. The first-order chi connectivity index (χ1) is 9.62. The number of hydrogen-bond acceptors (Lipinski definition) is 2. The summed E-state index contributed by atoms with van der Waals surface area (Å²) in [5, 5.41) is 3.66. The molecule has 0 fully saturated rings. The van der Waals surface area contributed by atoms with Gasteiger partial charge in [-0.05, 0) is 42.7 Å². The zero-order chi connectivity index (χ0) is 14.2. The Labute approximate surface area is 132 Å². The highest BCUT2D eigenvalue weighted by molar-refractivity contribution is 5.85. The summed E-state index contributed by atoms with van der Waals surface area (Å²) in [6.07, 6.45) is 0. The van der Waals surface area contributed by atoms with Crippen molar-refractivity contribution in [1.29, 1.82) is 0 Å². The third kappa shape index (κ3) is 2.92. The Hall–Kier alpha value is -1.51. The van der Waals surface area contributed by atoms with Gasteiger partial charge in [0.25, 0.3) is 0 Å². The zero-order valence-electron chi connectivity index (χ0n) is 12.7. The van der Waals surface area contributed by atoms with Gasteiger partial charge in [0.05, 0.1) is 7.11 Å². The van der Waals surface area contributed by atoms with Gasteiger partial charge in [0, 0.05) is 18.0 Å². The summed E-state index contributed by atoms with van der Waals surface area (Å²) in [7, 11) is 1.72. The van der Waals surface area contributed by atoms with Crippen LogP contribution in [-0.4, -0.2) is 12.6 Å². The molecule has 1 N–H and O–H groups in total. The number of methoxy groups -OCH3 is 1. The highest BCUT2D eigenvalue weighted by Gasteiger charge is 2.36. The molecule has 0 bridgehead atoms. The first-order valence-corrected chi connectivity index (χ1v) is 7.08. The van der Waals surface area contributed by atoms with E-state index in [2.05, 4.69) is 61.6 Å². The maximum absolute atomic E-state index is 5.38. The molecule has 2 nitrogen and oxygen atoms in total. The summed E-state index contributed by atoms with van der Waals surface area (Å²) in [6.45, 7) is 5.48. The molecular weight excluding hydrogens is 282 g/mol. The van der Waals surface area contributed by atoms with Gasteiger partial charge in [0.1, 0.15) is 5.75 Å². The van der Waals surface area contributed by atoms with Crippen molar-refractivity contribution in [3.05, 3.63) is 65.2 Å². The van der Waals surface area contributed by atoms with Gasteiger partial charge >= 0.3 is 0 Å². The second kappa shape index (κ2) is 6.08. The van der Waals surface area contributed by atoms with Crippen LogP contribution in [0.2, 0.25) is 0 Å². The number of halogens is 1. The summed E-state index contributed by atoms with van der Waals surface area (Å²) in [6, 6.07) is 17.1. The van der Waals surface area contributed by atoms with E-state index in [1.54, 1.807) is 7.11 Å². The molecule has 3 rings (SSSR count). The Morgan fingerprint density at radius 1 is 1.10 bits per heavy atom. The van der Waals surface area contributed by atoms with E-state index in [1.165, 1.54) is 16.7 Å². The lowest BCUT2D eigenvalue weighted by Gasteiger charge is -2.41. The van der Waals surface area contributed by atoms with Gasteiger partial charge in [0.2, 0.25) is 0 Å². The second-order valence-electron chi connectivity index (χ2n) is 5.98. The van der Waals surface area contributed by atoms with Gasteiger partial charge < -0.3 is 10.1 Å². The van der Waals surface area contributed by atoms with Crippen LogP contribution in [-0.2, 0) is 6.54 Å². The van der Waals surface area contributed by atoms with Crippen LogP contribution in [0.5, 0.6) is 5.75 Å². The van der Waals surface area contributed by atoms with Gasteiger partial charge in [-0.3, -0.25) is 0 Å². The van der Waals surface area contributed by atoms with Crippen LogP contribution in [0.1, 0.15) is 36.5 Å². The average Bonchev–Trinajstić information content (AvgIpc) is 2.46. The van der Waals surface area contributed by atoms with Gasteiger partial charge in [0.15, 0.2) is 0 Å². The van der Waals surface area contributed by atoms with Crippen LogP contribution in [0.15, 0.2) is 48.5 Å². The molecule has 1 unspecified atom stereocenters. The topological polar surface area (TPSA) is 21.3 Å². The second-order valence-corrected chi connectivity index (χ2v) is 5.98. The van der Waals surface area contributed by atoms with E-state index < -0.39 is 0 Å². The molecule has 0 radical (unpaired) electrons. The van der Waals surface area contributed by atoms with Gasteiger partial charge in [-0.2, -0.15) is 0 Å². The lowest BCUT2D eigenvalue weighted by atomic mass is 9.73. The Morgan fingerprint density at radius 3 is 2.62 bits per heavy atom. The molecule has 3 heteroatoms. The van der Waals surface area contributed by atoms with E-state index >= 15 is 0 Å². The Morgan fingerprint density at radius 2 is 1.86 bits per heavy atom. The van der Waals surface area contributed by atoms with Crippen molar-refractivity contribution in [1.82, 2.24) is 5.32 Å². The first kappa shape index (κ1) is 15.9. The fourth-order valence-corrected chi connectivity index (χ4v) is 3.21. The monoisotopic (exact) mass is 303 g/mol. The maximum atomic E-state index is 5.38. The SMILES string of the molecule is COc1cccc(C2c3ccccc3CNC2(C)C)c1.Cl. The highest BCUT2D eigenvalue weighted by Crippen LogP contribution is 2.40. The van der Waals surface area contributed by atoms with Crippen molar-refractivity contribution in [3.63, 3.8) is 0 Å². The predicted octanol–water partition coefficient (Wildman–Crippen LogP) is 4.13. The van der Waals surface area contributed by atoms with Gasteiger partial charge in [-0.25, -0.2) is 0 Å². The van der Waals surface area contributed by atoms with E-state index in [-0.39, 0.29) is 17.9 Å². The molecule has 0 spiro atoms. The molecule has 112 valence electrons. The first-order valence-electron chi connectivity index (χ1n) is 7.08. The van der Waals surface area contributed by atoms with Crippen LogP contribution in [0.4, 0.5) is 0 Å². The van der Waals surface area contributed by atoms with Crippen molar-refractivity contribution >= 4 is 12.4 Å². The van der Waals surface area contributed by atoms with Crippen molar-refractivity contribution in [3.8, 4) is 5.75 Å². The minimum absolute atomic E-state index is 0. The molecule has 0 aromatic heterocycles. The third-order valence-corrected chi connectivity index (χ3v) is 4.25. The Kier molecular flexibility index (Phi) is 4.60.